The van der Waals surface area contributed by atoms with Gasteiger partial charge in [0.2, 0.25) is 5.91 Å². The Morgan fingerprint density at radius 1 is 1.38 bits per heavy atom. The van der Waals surface area contributed by atoms with Crippen molar-refractivity contribution >= 4 is 34.9 Å². The Morgan fingerprint density at radius 3 is 2.86 bits per heavy atom. The lowest BCUT2D eigenvalue weighted by Crippen LogP contribution is -2.27. The summed E-state index contributed by atoms with van der Waals surface area (Å²) >= 11 is 7.72. The monoisotopic (exact) mass is 321 g/mol. The van der Waals surface area contributed by atoms with Gasteiger partial charge in [-0.05, 0) is 23.6 Å². The smallest absolute Gasteiger partial charge is 0.244 e. The third kappa shape index (κ3) is 4.70. The van der Waals surface area contributed by atoms with Crippen molar-refractivity contribution < 1.29 is 9.53 Å². The highest BCUT2D eigenvalue weighted by Gasteiger charge is 2.14. The van der Waals surface area contributed by atoms with Gasteiger partial charge in [0, 0.05) is 35.2 Å². The van der Waals surface area contributed by atoms with Gasteiger partial charge in [-0.2, -0.15) is 0 Å². The van der Waals surface area contributed by atoms with Crippen molar-refractivity contribution in [2.45, 2.75) is 6.10 Å². The van der Waals surface area contributed by atoms with Crippen LogP contribution in [0.1, 0.15) is 16.5 Å². The first-order chi connectivity index (χ1) is 10.2. The van der Waals surface area contributed by atoms with Gasteiger partial charge in [-0.15, -0.1) is 11.3 Å². The van der Waals surface area contributed by atoms with E-state index in [0.29, 0.717) is 11.6 Å². The standard InChI is InChI=1S/C16H16ClNO2S/c1-20-15(13-6-2-3-7-14(13)17)11-18-16(19)9-8-12-5-4-10-21-12/h2-10,15H,11H2,1H3,(H,18,19)/b9-8+/t15-/m0/s1. The van der Waals surface area contributed by atoms with E-state index in [1.165, 1.54) is 6.08 Å². The number of carbonyl (C=O) groups is 1. The van der Waals surface area contributed by atoms with Gasteiger partial charge in [-0.3, -0.25) is 4.79 Å². The molecule has 1 heterocycles. The molecule has 0 saturated heterocycles. The van der Waals surface area contributed by atoms with E-state index in [0.717, 1.165) is 10.4 Å². The van der Waals surface area contributed by atoms with Gasteiger partial charge in [0.05, 0.1) is 0 Å². The Morgan fingerprint density at radius 2 is 2.19 bits per heavy atom. The molecule has 0 radical (unpaired) electrons. The molecule has 0 aliphatic carbocycles. The Kier molecular flexibility index (Phi) is 5.99. The quantitative estimate of drug-likeness (QED) is 0.819. The molecule has 1 aromatic heterocycles. The van der Waals surface area contributed by atoms with Gasteiger partial charge < -0.3 is 10.1 Å². The second-order valence-corrected chi connectivity index (χ2v) is 5.73. The van der Waals surface area contributed by atoms with Gasteiger partial charge in [-0.25, -0.2) is 0 Å². The SMILES string of the molecule is CO[C@@H](CNC(=O)/C=C/c1cccs1)c1ccccc1Cl. The molecule has 1 N–H and O–H groups in total. The lowest BCUT2D eigenvalue weighted by Gasteiger charge is -2.17. The number of hydrogen-bond donors (Lipinski definition) is 1. The van der Waals surface area contributed by atoms with Gasteiger partial charge in [0.15, 0.2) is 0 Å². The third-order valence-electron chi connectivity index (χ3n) is 2.94. The zero-order valence-corrected chi connectivity index (χ0v) is 13.2. The molecular formula is C16H16ClNO2S. The summed E-state index contributed by atoms with van der Waals surface area (Å²) in [5.41, 5.74) is 0.865. The van der Waals surface area contributed by atoms with Crippen molar-refractivity contribution in [3.05, 3.63) is 63.3 Å². The van der Waals surface area contributed by atoms with E-state index in [4.69, 9.17) is 16.3 Å². The largest absolute Gasteiger partial charge is 0.375 e. The predicted molar refractivity (Wildman–Crippen MR) is 87.6 cm³/mol. The number of ether oxygens (including phenoxy) is 1. The van der Waals surface area contributed by atoms with Gasteiger partial charge in [-0.1, -0.05) is 35.9 Å². The molecule has 0 saturated carbocycles. The van der Waals surface area contributed by atoms with Crippen molar-refractivity contribution in [2.24, 2.45) is 0 Å². The summed E-state index contributed by atoms with van der Waals surface area (Å²) in [6.07, 6.45) is 3.04. The maximum Gasteiger partial charge on any atom is 0.244 e. The molecular weight excluding hydrogens is 306 g/mol. The summed E-state index contributed by atoms with van der Waals surface area (Å²) in [6, 6.07) is 11.4. The lowest BCUT2D eigenvalue weighted by atomic mass is 10.1. The van der Waals surface area contributed by atoms with E-state index < -0.39 is 0 Å². The molecule has 2 rings (SSSR count). The van der Waals surface area contributed by atoms with Crippen LogP contribution in [0.4, 0.5) is 0 Å². The molecule has 0 aliphatic rings. The highest BCUT2D eigenvalue weighted by Crippen LogP contribution is 2.24. The number of carbonyl (C=O) groups excluding carboxylic acids is 1. The number of nitrogens with one attached hydrogen (secondary N) is 1. The van der Waals surface area contributed by atoms with E-state index >= 15 is 0 Å². The summed E-state index contributed by atoms with van der Waals surface area (Å²) in [7, 11) is 1.60. The average Bonchev–Trinajstić information content (AvgIpc) is 3.01. The van der Waals surface area contributed by atoms with E-state index in [1.54, 1.807) is 30.6 Å². The van der Waals surface area contributed by atoms with Crippen LogP contribution >= 0.6 is 22.9 Å². The van der Waals surface area contributed by atoms with Gasteiger partial charge in [0.1, 0.15) is 6.10 Å². The molecule has 3 nitrogen and oxygen atoms in total. The third-order valence-corrected chi connectivity index (χ3v) is 4.12. The molecule has 0 bridgehead atoms. The van der Waals surface area contributed by atoms with Crippen LogP contribution in [0.5, 0.6) is 0 Å². The van der Waals surface area contributed by atoms with Crippen LogP contribution in [0.3, 0.4) is 0 Å². The first-order valence-electron chi connectivity index (χ1n) is 6.47. The van der Waals surface area contributed by atoms with Crippen LogP contribution in [-0.4, -0.2) is 19.6 Å². The lowest BCUT2D eigenvalue weighted by molar-refractivity contribution is -0.117. The van der Waals surface area contributed by atoms with Crippen LogP contribution < -0.4 is 5.32 Å². The van der Waals surface area contributed by atoms with Crippen molar-refractivity contribution in [3.8, 4) is 0 Å². The molecule has 110 valence electrons. The van der Waals surface area contributed by atoms with Crippen LogP contribution in [0.15, 0.2) is 47.9 Å². The number of amides is 1. The maximum absolute atomic E-state index is 11.8. The minimum absolute atomic E-state index is 0.155. The highest BCUT2D eigenvalue weighted by atomic mass is 35.5. The summed E-state index contributed by atoms with van der Waals surface area (Å²) < 4.78 is 5.40. The number of rotatable bonds is 6. The zero-order chi connectivity index (χ0) is 15.1. The molecule has 0 aliphatic heterocycles. The van der Waals surface area contributed by atoms with E-state index in [1.807, 2.05) is 35.7 Å². The molecule has 21 heavy (non-hydrogen) atoms. The Bertz CT molecular complexity index is 610. The second-order valence-electron chi connectivity index (χ2n) is 4.34. The molecule has 0 spiro atoms. The number of benzene rings is 1. The minimum Gasteiger partial charge on any atom is -0.375 e. The van der Waals surface area contributed by atoms with E-state index in [2.05, 4.69) is 5.32 Å². The fourth-order valence-corrected chi connectivity index (χ4v) is 2.73. The molecule has 0 unspecified atom stereocenters. The molecule has 5 heteroatoms. The normalized spacial score (nSPS) is 12.5. The van der Waals surface area contributed by atoms with Gasteiger partial charge >= 0.3 is 0 Å². The number of methoxy groups -OCH3 is 1. The summed E-state index contributed by atoms with van der Waals surface area (Å²) in [5.74, 6) is -0.155. The average molecular weight is 322 g/mol. The Labute approximate surface area is 133 Å². The highest BCUT2D eigenvalue weighted by molar-refractivity contribution is 7.10. The van der Waals surface area contributed by atoms with Crippen molar-refractivity contribution in [3.63, 3.8) is 0 Å². The summed E-state index contributed by atoms with van der Waals surface area (Å²) in [6.45, 7) is 0.369. The molecule has 1 amide bonds. The first kappa shape index (κ1) is 15.8. The fourth-order valence-electron chi connectivity index (χ4n) is 1.85. The minimum atomic E-state index is -0.266. The topological polar surface area (TPSA) is 38.3 Å². The molecule has 1 aromatic carbocycles. The molecule has 1 atom stereocenters. The van der Waals surface area contributed by atoms with Crippen molar-refractivity contribution in [2.75, 3.05) is 13.7 Å². The fraction of sp³-hybridized carbons (Fsp3) is 0.188. The molecule has 0 fully saturated rings. The Balaban J connectivity index is 1.91. The van der Waals surface area contributed by atoms with Crippen molar-refractivity contribution in [1.29, 1.82) is 0 Å². The van der Waals surface area contributed by atoms with E-state index in [9.17, 15) is 4.79 Å². The van der Waals surface area contributed by atoms with E-state index in [-0.39, 0.29) is 12.0 Å². The predicted octanol–water partition coefficient (Wildman–Crippen LogP) is 3.92. The van der Waals surface area contributed by atoms with Crippen LogP contribution in [0, 0.1) is 0 Å². The number of thiophene rings is 1. The second kappa shape index (κ2) is 7.98. The maximum atomic E-state index is 11.8. The van der Waals surface area contributed by atoms with Gasteiger partial charge in [0.25, 0.3) is 0 Å². The molecule has 2 aromatic rings. The van der Waals surface area contributed by atoms with Crippen LogP contribution in [-0.2, 0) is 9.53 Å². The Hall–Kier alpha value is -1.62. The summed E-state index contributed by atoms with van der Waals surface area (Å²) in [4.78, 5) is 12.8. The van der Waals surface area contributed by atoms with Crippen LogP contribution in [0.25, 0.3) is 6.08 Å². The number of halogens is 1. The number of hydrogen-bond acceptors (Lipinski definition) is 3. The first-order valence-corrected chi connectivity index (χ1v) is 7.73. The summed E-state index contributed by atoms with van der Waals surface area (Å²) in [5, 5.41) is 5.42. The van der Waals surface area contributed by atoms with Crippen LogP contribution in [0.2, 0.25) is 5.02 Å². The zero-order valence-electron chi connectivity index (χ0n) is 11.6. The van der Waals surface area contributed by atoms with Crippen molar-refractivity contribution in [1.82, 2.24) is 5.32 Å².